The molecule has 2 aliphatic heterocycles. The number of nitrogens with zero attached hydrogens (tertiary/aromatic N) is 4. The minimum absolute atomic E-state index is 0.0395. The molecule has 1 amide bonds. The van der Waals surface area contributed by atoms with Crippen molar-refractivity contribution in [2.75, 3.05) is 39.5 Å². The number of carbonyl (C=O) groups excluding carboxylic acids is 1. The summed E-state index contributed by atoms with van der Waals surface area (Å²) in [6, 6.07) is 9.67. The summed E-state index contributed by atoms with van der Waals surface area (Å²) in [6.07, 6.45) is 3.88. The molecule has 0 N–H and O–H groups in total. The van der Waals surface area contributed by atoms with E-state index in [4.69, 9.17) is 9.47 Å². The molecule has 2 saturated heterocycles. The summed E-state index contributed by atoms with van der Waals surface area (Å²) in [7, 11) is 0. The van der Waals surface area contributed by atoms with E-state index in [0.717, 1.165) is 31.2 Å². The quantitative estimate of drug-likeness (QED) is 0.758. The van der Waals surface area contributed by atoms with Crippen LogP contribution in [-0.2, 0) is 22.6 Å². The molecule has 3 heterocycles. The van der Waals surface area contributed by atoms with Crippen LogP contribution in [0, 0.1) is 5.92 Å². The summed E-state index contributed by atoms with van der Waals surface area (Å²) < 4.78 is 13.7. The van der Waals surface area contributed by atoms with E-state index in [-0.39, 0.29) is 18.6 Å². The first kappa shape index (κ1) is 19.0. The molecule has 1 aromatic heterocycles. The van der Waals surface area contributed by atoms with Gasteiger partial charge >= 0.3 is 0 Å². The van der Waals surface area contributed by atoms with Gasteiger partial charge in [0, 0.05) is 44.5 Å². The number of hydrogen-bond donors (Lipinski definition) is 0. The average molecular weight is 384 g/mol. The van der Waals surface area contributed by atoms with Gasteiger partial charge in [0.1, 0.15) is 11.6 Å². The fourth-order valence-electron chi connectivity index (χ4n) is 4.04. The van der Waals surface area contributed by atoms with E-state index in [9.17, 15) is 4.79 Å². The lowest BCUT2D eigenvalue weighted by Gasteiger charge is -2.31. The number of carbonyl (C=O) groups is 1. The third-order valence-corrected chi connectivity index (χ3v) is 5.53. The van der Waals surface area contributed by atoms with Crippen LogP contribution >= 0.6 is 0 Å². The van der Waals surface area contributed by atoms with Crippen LogP contribution < -0.4 is 4.74 Å². The molecule has 2 bridgehead atoms. The summed E-state index contributed by atoms with van der Waals surface area (Å²) in [4.78, 5) is 21.7. The van der Waals surface area contributed by atoms with Crippen LogP contribution in [0.1, 0.15) is 12.7 Å². The summed E-state index contributed by atoms with van der Waals surface area (Å²) in [5.41, 5.74) is 0. The van der Waals surface area contributed by atoms with Crippen LogP contribution in [0.4, 0.5) is 0 Å². The maximum Gasteiger partial charge on any atom is 0.260 e. The second kappa shape index (κ2) is 8.75. The van der Waals surface area contributed by atoms with Crippen LogP contribution in [0.3, 0.4) is 0 Å². The minimum atomic E-state index is 0.0395. The molecule has 2 atom stereocenters. The predicted molar refractivity (Wildman–Crippen MR) is 105 cm³/mol. The molecule has 0 aliphatic carbocycles. The van der Waals surface area contributed by atoms with Crippen LogP contribution in [0.15, 0.2) is 42.7 Å². The van der Waals surface area contributed by atoms with Gasteiger partial charge in [-0.15, -0.1) is 0 Å². The van der Waals surface area contributed by atoms with Gasteiger partial charge in [-0.2, -0.15) is 0 Å². The topological polar surface area (TPSA) is 59.8 Å². The highest BCUT2D eigenvalue weighted by Gasteiger charge is 2.35. The van der Waals surface area contributed by atoms with Gasteiger partial charge in [0.05, 0.1) is 25.8 Å². The number of aromatic nitrogens is 2. The number of aryl methyl sites for hydroxylation is 1. The standard InChI is InChI=1S/C21H28N4O3/c1-2-23-9-8-22-20(23)13-24-10-17-11-25(12-18(24)15-27-14-17)21(26)16-28-19-6-4-3-5-7-19/h3-9,17-18H,2,10-16H2,1H3/t17-,18+/m1/s1. The molecule has 0 radical (unpaired) electrons. The van der Waals surface area contributed by atoms with Gasteiger partial charge in [-0.25, -0.2) is 4.98 Å². The van der Waals surface area contributed by atoms with E-state index < -0.39 is 0 Å². The Morgan fingerprint density at radius 3 is 2.89 bits per heavy atom. The maximum absolute atomic E-state index is 12.8. The Morgan fingerprint density at radius 1 is 1.21 bits per heavy atom. The van der Waals surface area contributed by atoms with Crippen LogP contribution in [0.2, 0.25) is 0 Å². The van der Waals surface area contributed by atoms with Crippen LogP contribution in [0.5, 0.6) is 5.75 Å². The van der Waals surface area contributed by atoms with Crippen molar-refractivity contribution in [2.24, 2.45) is 5.92 Å². The molecule has 2 aliphatic rings. The van der Waals surface area contributed by atoms with Crippen molar-refractivity contribution in [3.63, 3.8) is 0 Å². The fraction of sp³-hybridized carbons (Fsp3) is 0.524. The van der Waals surface area contributed by atoms with E-state index in [2.05, 4.69) is 21.4 Å². The molecule has 0 saturated carbocycles. The van der Waals surface area contributed by atoms with Crippen molar-refractivity contribution in [1.82, 2.24) is 19.4 Å². The van der Waals surface area contributed by atoms with E-state index in [1.54, 1.807) is 0 Å². The number of imidazole rings is 1. The SMILES string of the molecule is CCn1ccnc1CN1C[C@H]2COC[C@@H]1CN(C(=O)COc1ccccc1)C2. The average Bonchev–Trinajstić information content (AvgIpc) is 2.97. The number of benzene rings is 1. The van der Waals surface area contributed by atoms with Crippen molar-refractivity contribution >= 4 is 5.91 Å². The Labute approximate surface area is 165 Å². The molecular formula is C21H28N4O3. The minimum Gasteiger partial charge on any atom is -0.484 e. The molecular weight excluding hydrogens is 356 g/mol. The highest BCUT2D eigenvalue weighted by Crippen LogP contribution is 2.22. The first-order valence-corrected chi connectivity index (χ1v) is 10.0. The summed E-state index contributed by atoms with van der Waals surface area (Å²) in [5, 5.41) is 0. The van der Waals surface area contributed by atoms with Gasteiger partial charge < -0.3 is 18.9 Å². The number of hydrogen-bond acceptors (Lipinski definition) is 5. The molecule has 7 nitrogen and oxygen atoms in total. The number of amides is 1. The van der Waals surface area contributed by atoms with Gasteiger partial charge in [0.15, 0.2) is 6.61 Å². The van der Waals surface area contributed by atoms with E-state index in [0.29, 0.717) is 32.2 Å². The van der Waals surface area contributed by atoms with E-state index in [1.807, 2.05) is 47.6 Å². The number of ether oxygens (including phenoxy) is 2. The Balaban J connectivity index is 1.41. The molecule has 150 valence electrons. The van der Waals surface area contributed by atoms with Crippen molar-refractivity contribution < 1.29 is 14.3 Å². The van der Waals surface area contributed by atoms with Crippen molar-refractivity contribution in [2.45, 2.75) is 26.1 Å². The van der Waals surface area contributed by atoms with Crippen molar-refractivity contribution in [3.8, 4) is 5.75 Å². The predicted octanol–water partition coefficient (Wildman–Crippen LogP) is 1.64. The largest absolute Gasteiger partial charge is 0.484 e. The molecule has 28 heavy (non-hydrogen) atoms. The summed E-state index contributed by atoms with van der Waals surface area (Å²) >= 11 is 0. The van der Waals surface area contributed by atoms with Crippen LogP contribution in [-0.4, -0.2) is 70.8 Å². The lowest BCUT2D eigenvalue weighted by Crippen LogP contribution is -2.47. The highest BCUT2D eigenvalue weighted by molar-refractivity contribution is 5.78. The van der Waals surface area contributed by atoms with Crippen molar-refractivity contribution in [1.29, 1.82) is 0 Å². The van der Waals surface area contributed by atoms with Crippen molar-refractivity contribution in [3.05, 3.63) is 48.5 Å². The second-order valence-electron chi connectivity index (χ2n) is 7.52. The first-order chi connectivity index (χ1) is 13.7. The lowest BCUT2D eigenvalue weighted by atomic mass is 10.1. The zero-order valence-corrected chi connectivity index (χ0v) is 16.4. The Hall–Kier alpha value is -2.38. The molecule has 7 heteroatoms. The lowest BCUT2D eigenvalue weighted by molar-refractivity contribution is -0.135. The molecule has 0 spiro atoms. The van der Waals surface area contributed by atoms with Gasteiger partial charge in [-0.05, 0) is 19.1 Å². The molecule has 2 fully saturated rings. The maximum atomic E-state index is 12.8. The number of fused-ring (bicyclic) bond motifs is 3. The number of rotatable bonds is 6. The first-order valence-electron chi connectivity index (χ1n) is 10.0. The molecule has 4 rings (SSSR count). The Morgan fingerprint density at radius 2 is 2.07 bits per heavy atom. The Kier molecular flexibility index (Phi) is 5.92. The van der Waals surface area contributed by atoms with Gasteiger partial charge in [-0.3, -0.25) is 9.69 Å². The molecule has 2 aromatic rings. The van der Waals surface area contributed by atoms with Gasteiger partial charge in [0.2, 0.25) is 0 Å². The fourth-order valence-corrected chi connectivity index (χ4v) is 4.04. The monoisotopic (exact) mass is 384 g/mol. The zero-order chi connectivity index (χ0) is 19.3. The molecule has 0 unspecified atom stereocenters. The van der Waals surface area contributed by atoms with E-state index in [1.165, 1.54) is 0 Å². The summed E-state index contributed by atoms with van der Waals surface area (Å²) in [5.74, 6) is 2.14. The third-order valence-electron chi connectivity index (χ3n) is 5.53. The highest BCUT2D eigenvalue weighted by atomic mass is 16.5. The Bertz CT molecular complexity index is 779. The summed E-state index contributed by atoms with van der Waals surface area (Å²) in [6.45, 7) is 7.54. The zero-order valence-electron chi connectivity index (χ0n) is 16.4. The van der Waals surface area contributed by atoms with E-state index >= 15 is 0 Å². The normalized spacial score (nSPS) is 22.7. The third kappa shape index (κ3) is 4.36. The second-order valence-corrected chi connectivity index (χ2v) is 7.52. The number of para-hydroxylation sites is 1. The molecule has 1 aromatic carbocycles. The smallest absolute Gasteiger partial charge is 0.260 e. The van der Waals surface area contributed by atoms with Crippen LogP contribution in [0.25, 0.3) is 0 Å². The van der Waals surface area contributed by atoms with Gasteiger partial charge in [0.25, 0.3) is 5.91 Å². The van der Waals surface area contributed by atoms with Gasteiger partial charge in [-0.1, -0.05) is 18.2 Å².